The van der Waals surface area contributed by atoms with Gasteiger partial charge in [0.1, 0.15) is 10.8 Å². The van der Waals surface area contributed by atoms with Crippen LogP contribution < -0.4 is 5.32 Å². The maximum absolute atomic E-state index is 13.5. The van der Waals surface area contributed by atoms with Crippen molar-refractivity contribution in [2.45, 2.75) is 19.5 Å². The van der Waals surface area contributed by atoms with Crippen LogP contribution in [0.1, 0.15) is 16.8 Å². The predicted molar refractivity (Wildman–Crippen MR) is 96.0 cm³/mol. The first-order chi connectivity index (χ1) is 12.7. The Bertz CT molecular complexity index is 965. The standard InChI is InChI=1S/C19H14F4N2OS/c1-11-2-7-14(8-16(11)20)24-17(26)9-15-10-27-18(25-15)12-3-5-13(6-4-12)19(21,22)23/h2-8,10H,9H2,1H3,(H,24,26). The molecule has 0 aliphatic carbocycles. The molecular weight excluding hydrogens is 380 g/mol. The summed E-state index contributed by atoms with van der Waals surface area (Å²) in [5.74, 6) is -0.770. The van der Waals surface area contributed by atoms with E-state index in [1.807, 2.05) is 0 Å². The average Bonchev–Trinajstić information content (AvgIpc) is 3.06. The van der Waals surface area contributed by atoms with E-state index < -0.39 is 17.6 Å². The first-order valence-corrected chi connectivity index (χ1v) is 8.78. The maximum atomic E-state index is 13.5. The van der Waals surface area contributed by atoms with Gasteiger partial charge in [0.15, 0.2) is 0 Å². The van der Waals surface area contributed by atoms with Crippen LogP contribution in [0.2, 0.25) is 0 Å². The van der Waals surface area contributed by atoms with E-state index >= 15 is 0 Å². The van der Waals surface area contributed by atoms with Crippen molar-refractivity contribution in [3.05, 3.63) is 70.5 Å². The van der Waals surface area contributed by atoms with Crippen molar-refractivity contribution in [2.24, 2.45) is 0 Å². The Morgan fingerprint density at radius 1 is 1.15 bits per heavy atom. The van der Waals surface area contributed by atoms with Gasteiger partial charge in [0.2, 0.25) is 5.91 Å². The maximum Gasteiger partial charge on any atom is 0.416 e. The minimum Gasteiger partial charge on any atom is -0.326 e. The number of nitrogens with one attached hydrogen (secondary N) is 1. The molecule has 2 aromatic carbocycles. The molecule has 0 unspecified atom stereocenters. The zero-order chi connectivity index (χ0) is 19.6. The molecule has 3 rings (SSSR count). The summed E-state index contributed by atoms with van der Waals surface area (Å²) in [6.45, 7) is 1.62. The fraction of sp³-hybridized carbons (Fsp3) is 0.158. The number of nitrogens with zero attached hydrogens (tertiary/aromatic N) is 1. The number of rotatable bonds is 4. The van der Waals surface area contributed by atoms with Crippen molar-refractivity contribution in [2.75, 3.05) is 5.32 Å². The van der Waals surface area contributed by atoms with Crippen LogP contribution in [-0.4, -0.2) is 10.9 Å². The highest BCUT2D eigenvalue weighted by molar-refractivity contribution is 7.13. The number of carbonyl (C=O) groups excluding carboxylic acids is 1. The first-order valence-electron chi connectivity index (χ1n) is 7.90. The van der Waals surface area contributed by atoms with Crippen LogP contribution >= 0.6 is 11.3 Å². The molecular formula is C19H14F4N2OS. The molecule has 0 fully saturated rings. The Hall–Kier alpha value is -2.74. The third-order valence-electron chi connectivity index (χ3n) is 3.81. The fourth-order valence-electron chi connectivity index (χ4n) is 2.36. The molecule has 0 aliphatic heterocycles. The molecule has 1 heterocycles. The van der Waals surface area contributed by atoms with Crippen molar-refractivity contribution < 1.29 is 22.4 Å². The molecule has 3 aromatic rings. The summed E-state index contributed by atoms with van der Waals surface area (Å²) in [5, 5.41) is 4.78. The van der Waals surface area contributed by atoms with Gasteiger partial charge in [-0.1, -0.05) is 18.2 Å². The number of alkyl halides is 3. The Labute approximate surface area is 156 Å². The molecule has 0 atom stereocenters. The number of benzene rings is 2. The van der Waals surface area contributed by atoms with Crippen molar-refractivity contribution >= 4 is 22.9 Å². The largest absolute Gasteiger partial charge is 0.416 e. The molecule has 0 saturated carbocycles. The second-order valence-electron chi connectivity index (χ2n) is 5.91. The number of amides is 1. The summed E-state index contributed by atoms with van der Waals surface area (Å²) < 4.78 is 51.4. The van der Waals surface area contributed by atoms with Gasteiger partial charge in [0, 0.05) is 16.6 Å². The molecule has 0 bridgehead atoms. The number of hydrogen-bond donors (Lipinski definition) is 1. The van der Waals surface area contributed by atoms with Crippen LogP contribution in [-0.2, 0) is 17.4 Å². The van der Waals surface area contributed by atoms with Gasteiger partial charge in [-0.25, -0.2) is 9.37 Å². The summed E-state index contributed by atoms with van der Waals surface area (Å²) in [5.41, 5.74) is 1.13. The Kier molecular flexibility index (Phi) is 5.27. The van der Waals surface area contributed by atoms with Crippen LogP contribution in [0.4, 0.5) is 23.2 Å². The van der Waals surface area contributed by atoms with Crippen molar-refractivity contribution in [1.29, 1.82) is 0 Å². The van der Waals surface area contributed by atoms with Crippen LogP contribution in [0.5, 0.6) is 0 Å². The molecule has 0 aliphatic rings. The van der Waals surface area contributed by atoms with Gasteiger partial charge >= 0.3 is 6.18 Å². The van der Waals surface area contributed by atoms with E-state index in [0.29, 0.717) is 27.5 Å². The molecule has 3 nitrogen and oxygen atoms in total. The molecule has 0 saturated heterocycles. The lowest BCUT2D eigenvalue weighted by molar-refractivity contribution is -0.137. The van der Waals surface area contributed by atoms with Crippen molar-refractivity contribution in [1.82, 2.24) is 4.98 Å². The predicted octanol–water partition coefficient (Wildman–Crippen LogP) is 5.46. The number of thiazole rings is 1. The average molecular weight is 394 g/mol. The zero-order valence-corrected chi connectivity index (χ0v) is 14.9. The lowest BCUT2D eigenvalue weighted by atomic mass is 10.1. The summed E-state index contributed by atoms with van der Waals surface area (Å²) in [4.78, 5) is 16.4. The van der Waals surface area contributed by atoms with E-state index in [1.165, 1.54) is 29.5 Å². The molecule has 1 amide bonds. The molecule has 140 valence electrons. The van der Waals surface area contributed by atoms with E-state index in [1.54, 1.807) is 24.4 Å². The van der Waals surface area contributed by atoms with Gasteiger partial charge in [0.25, 0.3) is 0 Å². The first kappa shape index (κ1) is 19.0. The molecule has 1 N–H and O–H groups in total. The lowest BCUT2D eigenvalue weighted by Gasteiger charge is -2.06. The van der Waals surface area contributed by atoms with Gasteiger partial charge in [-0.3, -0.25) is 4.79 Å². The SMILES string of the molecule is Cc1ccc(NC(=O)Cc2csc(-c3ccc(C(F)(F)F)cc3)n2)cc1F. The van der Waals surface area contributed by atoms with E-state index in [9.17, 15) is 22.4 Å². The second kappa shape index (κ2) is 7.48. The number of anilines is 1. The Balaban J connectivity index is 1.66. The normalized spacial score (nSPS) is 11.4. The topological polar surface area (TPSA) is 42.0 Å². The van der Waals surface area contributed by atoms with Gasteiger partial charge in [-0.05, 0) is 36.8 Å². The van der Waals surface area contributed by atoms with Gasteiger partial charge < -0.3 is 5.32 Å². The monoisotopic (exact) mass is 394 g/mol. The molecule has 0 spiro atoms. The lowest BCUT2D eigenvalue weighted by Crippen LogP contribution is -2.14. The number of hydrogen-bond acceptors (Lipinski definition) is 3. The van der Waals surface area contributed by atoms with Crippen LogP contribution in [0.3, 0.4) is 0 Å². The van der Waals surface area contributed by atoms with Crippen LogP contribution in [0.15, 0.2) is 47.8 Å². The Morgan fingerprint density at radius 3 is 2.48 bits per heavy atom. The number of aryl methyl sites for hydroxylation is 1. The van der Waals surface area contributed by atoms with Crippen molar-refractivity contribution in [3.8, 4) is 10.6 Å². The molecule has 1 aromatic heterocycles. The fourth-order valence-corrected chi connectivity index (χ4v) is 3.19. The second-order valence-corrected chi connectivity index (χ2v) is 6.77. The smallest absolute Gasteiger partial charge is 0.326 e. The van der Waals surface area contributed by atoms with Gasteiger partial charge in [-0.2, -0.15) is 13.2 Å². The van der Waals surface area contributed by atoms with E-state index in [2.05, 4.69) is 10.3 Å². The third-order valence-corrected chi connectivity index (χ3v) is 4.75. The number of halogens is 4. The zero-order valence-electron chi connectivity index (χ0n) is 14.1. The van der Waals surface area contributed by atoms with Gasteiger partial charge in [-0.15, -0.1) is 11.3 Å². The molecule has 8 heteroatoms. The minimum absolute atomic E-state index is 0.0212. The Morgan fingerprint density at radius 2 is 1.85 bits per heavy atom. The minimum atomic E-state index is -4.39. The number of carbonyl (C=O) groups is 1. The highest BCUT2D eigenvalue weighted by Crippen LogP contribution is 2.31. The number of aromatic nitrogens is 1. The summed E-state index contributed by atoms with van der Waals surface area (Å²) in [6.07, 6.45) is -4.41. The van der Waals surface area contributed by atoms with Crippen LogP contribution in [0, 0.1) is 12.7 Å². The summed E-state index contributed by atoms with van der Waals surface area (Å²) in [6, 6.07) is 9.09. The quantitative estimate of drug-likeness (QED) is 0.597. The summed E-state index contributed by atoms with van der Waals surface area (Å²) >= 11 is 1.24. The highest BCUT2D eigenvalue weighted by atomic mass is 32.1. The third kappa shape index (κ3) is 4.71. The highest BCUT2D eigenvalue weighted by Gasteiger charge is 2.30. The molecule has 0 radical (unpaired) electrons. The molecule has 27 heavy (non-hydrogen) atoms. The van der Waals surface area contributed by atoms with E-state index in [-0.39, 0.29) is 12.3 Å². The van der Waals surface area contributed by atoms with Crippen molar-refractivity contribution in [3.63, 3.8) is 0 Å². The van der Waals surface area contributed by atoms with E-state index in [4.69, 9.17) is 0 Å². The summed E-state index contributed by atoms with van der Waals surface area (Å²) in [7, 11) is 0. The van der Waals surface area contributed by atoms with Gasteiger partial charge in [0.05, 0.1) is 17.7 Å². The van der Waals surface area contributed by atoms with Crippen LogP contribution in [0.25, 0.3) is 10.6 Å². The van der Waals surface area contributed by atoms with E-state index in [0.717, 1.165) is 12.1 Å².